The molecular formula is C22H29IN4O. The maximum absolute atomic E-state index is 12.0. The lowest BCUT2D eigenvalue weighted by Crippen LogP contribution is -2.49. The summed E-state index contributed by atoms with van der Waals surface area (Å²) in [4.78, 5) is 16.3. The zero-order valence-electron chi connectivity index (χ0n) is 16.3. The Morgan fingerprint density at radius 1 is 0.929 bits per heavy atom. The molecule has 3 rings (SSSR count). The third-order valence-electron chi connectivity index (χ3n) is 5.25. The molecule has 0 spiro atoms. The van der Waals surface area contributed by atoms with Crippen molar-refractivity contribution in [1.82, 2.24) is 16.0 Å². The zero-order chi connectivity index (χ0) is 19.0. The van der Waals surface area contributed by atoms with Crippen molar-refractivity contribution in [3.8, 4) is 0 Å². The summed E-state index contributed by atoms with van der Waals surface area (Å²) < 4.78 is 0. The second kappa shape index (κ2) is 11.0. The number of hydrogen-bond acceptors (Lipinski definition) is 2. The molecule has 5 nitrogen and oxygen atoms in total. The van der Waals surface area contributed by atoms with Crippen LogP contribution >= 0.6 is 24.0 Å². The Balaban J connectivity index is 0.00000280. The minimum Gasteiger partial charge on any atom is -0.356 e. The highest BCUT2D eigenvalue weighted by atomic mass is 127. The second-order valence-electron chi connectivity index (χ2n) is 6.97. The Hall–Kier alpha value is -2.09. The molecule has 1 fully saturated rings. The Morgan fingerprint density at radius 3 is 2.11 bits per heavy atom. The van der Waals surface area contributed by atoms with Crippen molar-refractivity contribution in [3.63, 3.8) is 0 Å². The Bertz CT molecular complexity index is 761. The molecule has 0 bridgehead atoms. The minimum absolute atomic E-state index is 0. The van der Waals surface area contributed by atoms with E-state index in [4.69, 9.17) is 0 Å². The van der Waals surface area contributed by atoms with Gasteiger partial charge in [-0.25, -0.2) is 0 Å². The molecule has 0 aliphatic heterocycles. The second-order valence-corrected chi connectivity index (χ2v) is 6.97. The number of benzene rings is 2. The quantitative estimate of drug-likeness (QED) is 0.241. The van der Waals surface area contributed by atoms with Gasteiger partial charge in [-0.3, -0.25) is 9.79 Å². The van der Waals surface area contributed by atoms with Gasteiger partial charge in [-0.1, -0.05) is 55.0 Å². The molecule has 1 aliphatic rings. The van der Waals surface area contributed by atoms with Gasteiger partial charge in [-0.15, -0.1) is 24.0 Å². The zero-order valence-corrected chi connectivity index (χ0v) is 18.6. The lowest BCUT2D eigenvalue weighted by Gasteiger charge is -2.43. The van der Waals surface area contributed by atoms with Crippen molar-refractivity contribution >= 4 is 35.8 Å². The first-order chi connectivity index (χ1) is 13.2. The van der Waals surface area contributed by atoms with Crippen LogP contribution in [0.2, 0.25) is 0 Å². The Kier molecular flexibility index (Phi) is 8.76. The summed E-state index contributed by atoms with van der Waals surface area (Å²) in [6.07, 6.45) is 3.68. The van der Waals surface area contributed by atoms with Gasteiger partial charge >= 0.3 is 0 Å². The molecule has 28 heavy (non-hydrogen) atoms. The van der Waals surface area contributed by atoms with E-state index in [1.807, 2.05) is 30.3 Å². The van der Waals surface area contributed by atoms with Crippen LogP contribution in [0.5, 0.6) is 0 Å². The highest BCUT2D eigenvalue weighted by molar-refractivity contribution is 14.0. The highest BCUT2D eigenvalue weighted by Gasteiger charge is 2.38. The van der Waals surface area contributed by atoms with E-state index in [0.717, 1.165) is 12.5 Å². The van der Waals surface area contributed by atoms with Gasteiger partial charge < -0.3 is 16.0 Å². The number of carbonyl (C=O) groups is 1. The first-order valence-corrected chi connectivity index (χ1v) is 9.57. The first-order valence-electron chi connectivity index (χ1n) is 9.57. The van der Waals surface area contributed by atoms with Crippen LogP contribution in [-0.4, -0.2) is 38.5 Å². The molecule has 1 aliphatic carbocycles. The van der Waals surface area contributed by atoms with E-state index < -0.39 is 0 Å². The van der Waals surface area contributed by atoms with E-state index in [0.29, 0.717) is 18.7 Å². The molecule has 0 radical (unpaired) electrons. The number of rotatable bonds is 7. The predicted molar refractivity (Wildman–Crippen MR) is 126 cm³/mol. The van der Waals surface area contributed by atoms with Gasteiger partial charge in [0, 0.05) is 37.7 Å². The van der Waals surface area contributed by atoms with Crippen molar-refractivity contribution in [1.29, 1.82) is 0 Å². The first kappa shape index (κ1) is 22.2. The molecule has 3 N–H and O–H groups in total. The Labute approximate surface area is 184 Å². The lowest BCUT2D eigenvalue weighted by atomic mass is 9.64. The molecule has 6 heteroatoms. The predicted octanol–water partition coefficient (Wildman–Crippen LogP) is 3.32. The van der Waals surface area contributed by atoms with Crippen LogP contribution in [0, 0.1) is 0 Å². The summed E-state index contributed by atoms with van der Waals surface area (Å²) in [5, 5.41) is 9.64. The van der Waals surface area contributed by atoms with Crippen LogP contribution in [0.1, 0.15) is 35.2 Å². The van der Waals surface area contributed by atoms with E-state index >= 15 is 0 Å². The van der Waals surface area contributed by atoms with Gasteiger partial charge in [0.2, 0.25) is 0 Å². The van der Waals surface area contributed by atoms with Crippen LogP contribution in [0.15, 0.2) is 65.7 Å². The summed E-state index contributed by atoms with van der Waals surface area (Å²) in [5.74, 6) is 0.712. The van der Waals surface area contributed by atoms with Crippen LogP contribution in [0.4, 0.5) is 0 Å². The third kappa shape index (κ3) is 5.70. The molecule has 0 saturated heterocycles. The molecule has 0 heterocycles. The van der Waals surface area contributed by atoms with Gasteiger partial charge in [-0.2, -0.15) is 0 Å². The SMILES string of the molecule is CN=C(NCCNC(=O)c1ccccc1)NCC1(c2ccccc2)CCC1.I. The average Bonchev–Trinajstić information content (AvgIpc) is 2.70. The summed E-state index contributed by atoms with van der Waals surface area (Å²) >= 11 is 0. The molecule has 1 amide bonds. The maximum Gasteiger partial charge on any atom is 0.251 e. The summed E-state index contributed by atoms with van der Waals surface area (Å²) in [6.45, 7) is 2.03. The number of hydrogen-bond donors (Lipinski definition) is 3. The van der Waals surface area contributed by atoms with Crippen LogP contribution < -0.4 is 16.0 Å². The number of nitrogens with zero attached hydrogens (tertiary/aromatic N) is 1. The molecule has 2 aromatic rings. The fourth-order valence-electron chi connectivity index (χ4n) is 3.48. The van der Waals surface area contributed by atoms with Crippen molar-refractivity contribution < 1.29 is 4.79 Å². The Morgan fingerprint density at radius 2 is 1.54 bits per heavy atom. The summed E-state index contributed by atoms with van der Waals surface area (Å²) in [7, 11) is 1.77. The highest BCUT2D eigenvalue weighted by Crippen LogP contribution is 2.43. The topological polar surface area (TPSA) is 65.5 Å². The molecule has 0 unspecified atom stereocenters. The van der Waals surface area contributed by atoms with Crippen molar-refractivity contribution in [3.05, 3.63) is 71.8 Å². The summed E-state index contributed by atoms with van der Waals surface area (Å²) in [6, 6.07) is 20.0. The number of aliphatic imine (C=N–C) groups is 1. The minimum atomic E-state index is -0.0576. The van der Waals surface area contributed by atoms with E-state index in [1.54, 1.807) is 7.05 Å². The van der Waals surface area contributed by atoms with E-state index in [-0.39, 0.29) is 35.3 Å². The largest absolute Gasteiger partial charge is 0.356 e. The smallest absolute Gasteiger partial charge is 0.251 e. The fraction of sp³-hybridized carbons (Fsp3) is 0.364. The van der Waals surface area contributed by atoms with E-state index in [1.165, 1.54) is 24.8 Å². The normalized spacial score (nSPS) is 15.0. The van der Waals surface area contributed by atoms with Crippen molar-refractivity contribution in [2.75, 3.05) is 26.7 Å². The molecule has 0 atom stereocenters. The third-order valence-corrected chi connectivity index (χ3v) is 5.25. The van der Waals surface area contributed by atoms with Gasteiger partial charge in [0.1, 0.15) is 0 Å². The van der Waals surface area contributed by atoms with Gasteiger partial charge in [-0.05, 0) is 30.5 Å². The lowest BCUT2D eigenvalue weighted by molar-refractivity contribution is 0.0954. The van der Waals surface area contributed by atoms with Gasteiger partial charge in [0.15, 0.2) is 5.96 Å². The fourth-order valence-corrected chi connectivity index (χ4v) is 3.48. The molecule has 2 aromatic carbocycles. The maximum atomic E-state index is 12.0. The molecular weight excluding hydrogens is 463 g/mol. The van der Waals surface area contributed by atoms with Gasteiger partial charge in [0.05, 0.1) is 0 Å². The molecule has 1 saturated carbocycles. The van der Waals surface area contributed by atoms with E-state index in [9.17, 15) is 4.79 Å². The van der Waals surface area contributed by atoms with Crippen molar-refractivity contribution in [2.45, 2.75) is 24.7 Å². The van der Waals surface area contributed by atoms with Crippen LogP contribution in [-0.2, 0) is 5.41 Å². The number of carbonyl (C=O) groups excluding carboxylic acids is 1. The number of halogens is 1. The van der Waals surface area contributed by atoms with E-state index in [2.05, 4.69) is 51.3 Å². The monoisotopic (exact) mass is 492 g/mol. The standard InChI is InChI=1S/C22H28N4O.HI/c1-23-21(25-16-15-24-20(27)18-9-4-2-5-10-18)26-17-22(13-8-14-22)19-11-6-3-7-12-19;/h2-7,9-12H,8,13-17H2,1H3,(H,24,27)(H2,23,25,26);1H. The number of nitrogens with one attached hydrogen (secondary N) is 3. The average molecular weight is 492 g/mol. The van der Waals surface area contributed by atoms with Crippen LogP contribution in [0.25, 0.3) is 0 Å². The van der Waals surface area contributed by atoms with Gasteiger partial charge in [0.25, 0.3) is 5.91 Å². The molecule has 150 valence electrons. The number of guanidine groups is 1. The number of amides is 1. The van der Waals surface area contributed by atoms with Crippen LogP contribution in [0.3, 0.4) is 0 Å². The molecule has 0 aromatic heterocycles. The summed E-state index contributed by atoms with van der Waals surface area (Å²) in [5.41, 5.74) is 2.28. The van der Waals surface area contributed by atoms with Crippen molar-refractivity contribution in [2.24, 2.45) is 4.99 Å².